The van der Waals surface area contributed by atoms with Crippen LogP contribution >= 0.6 is 0 Å². The standard InChI is InChI=1S/2C27H46N4O5S/c2*1-7-30-12-14-31(15-13-30)24-10-8-23(9-11-24)29(5)26(32)20-36-17-16-28(4)37(33,34)27-21(2)18-25(35-6)19-22(27)3/h2*18-19,23-24H,7-17,20H2,1-6H3. The molecular formula is C54H92N8O10S2. The average molecular weight is 1080 g/mol. The molecule has 2 saturated carbocycles. The number of carbonyl (C=O) groups is 2. The van der Waals surface area contributed by atoms with Crippen molar-refractivity contribution in [1.29, 1.82) is 0 Å². The zero-order valence-electron chi connectivity index (χ0n) is 47.1. The minimum atomic E-state index is -3.68. The Bertz CT molecular complexity index is 2120. The van der Waals surface area contributed by atoms with Crippen molar-refractivity contribution in [1.82, 2.24) is 38.0 Å². The van der Waals surface area contributed by atoms with Crippen LogP contribution in [0.2, 0.25) is 0 Å². The van der Waals surface area contributed by atoms with Crippen molar-refractivity contribution in [3.8, 4) is 11.5 Å². The smallest absolute Gasteiger partial charge is 0.248 e. The Labute approximate surface area is 445 Å². The maximum absolute atomic E-state index is 13.1. The predicted molar refractivity (Wildman–Crippen MR) is 291 cm³/mol. The van der Waals surface area contributed by atoms with Gasteiger partial charge in [0.15, 0.2) is 0 Å². The van der Waals surface area contributed by atoms with E-state index < -0.39 is 20.0 Å². The molecule has 2 aromatic carbocycles. The third-order valence-electron chi connectivity index (χ3n) is 16.2. The number of nitrogens with zero attached hydrogens (tertiary/aromatic N) is 8. The Morgan fingerprint density at radius 2 is 0.811 bits per heavy atom. The van der Waals surface area contributed by atoms with Crippen LogP contribution in [0.3, 0.4) is 0 Å². The third-order valence-corrected chi connectivity index (χ3v) is 20.5. The largest absolute Gasteiger partial charge is 0.497 e. The van der Waals surface area contributed by atoms with E-state index in [1.54, 1.807) is 66.2 Å². The lowest BCUT2D eigenvalue weighted by Gasteiger charge is -2.43. The maximum atomic E-state index is 13.1. The van der Waals surface area contributed by atoms with E-state index in [1.807, 2.05) is 23.9 Å². The topological polar surface area (TPSA) is 165 Å². The zero-order valence-corrected chi connectivity index (χ0v) is 48.7. The van der Waals surface area contributed by atoms with E-state index in [4.69, 9.17) is 18.9 Å². The lowest BCUT2D eigenvalue weighted by atomic mass is 9.89. The molecule has 4 aliphatic rings. The van der Waals surface area contributed by atoms with Crippen molar-refractivity contribution in [2.45, 2.75) is 127 Å². The van der Waals surface area contributed by atoms with Gasteiger partial charge in [0, 0.05) is 118 Å². The van der Waals surface area contributed by atoms with Gasteiger partial charge in [-0.25, -0.2) is 16.8 Å². The number of ether oxygens (including phenoxy) is 4. The Hall–Kier alpha value is -3.44. The van der Waals surface area contributed by atoms with Gasteiger partial charge in [-0.1, -0.05) is 13.8 Å². The number of methoxy groups -OCH3 is 2. The Kier molecular flexibility index (Phi) is 23.9. The van der Waals surface area contributed by atoms with Gasteiger partial charge in [-0.3, -0.25) is 19.4 Å². The molecule has 0 N–H and O–H groups in total. The lowest BCUT2D eigenvalue weighted by molar-refractivity contribution is -0.138. The first-order valence-corrected chi connectivity index (χ1v) is 29.9. The number of hydrogen-bond donors (Lipinski definition) is 0. The molecule has 2 aliphatic carbocycles. The first kappa shape index (κ1) is 61.4. The summed E-state index contributed by atoms with van der Waals surface area (Å²) in [6.45, 7) is 23.5. The average Bonchev–Trinajstić information content (AvgIpc) is 3.39. The zero-order chi connectivity index (χ0) is 54.3. The molecule has 0 spiro atoms. The first-order valence-electron chi connectivity index (χ1n) is 27.0. The molecule has 2 heterocycles. The molecule has 2 saturated heterocycles. The highest BCUT2D eigenvalue weighted by molar-refractivity contribution is 7.89. The molecule has 0 radical (unpaired) electrons. The van der Waals surface area contributed by atoms with E-state index >= 15 is 0 Å². The Morgan fingerprint density at radius 1 is 0.514 bits per heavy atom. The van der Waals surface area contributed by atoms with Gasteiger partial charge in [-0.05, 0) is 139 Å². The van der Waals surface area contributed by atoms with Crippen LogP contribution in [-0.2, 0) is 39.1 Å². The third kappa shape index (κ3) is 16.3. The number of hydrogen-bond acceptors (Lipinski definition) is 14. The SMILES string of the molecule is CCN1CCN(C2CCC(N(C)C(=O)COCCN(C)S(=O)(=O)c3c(C)cc(OC)cc3C)CC2)CC1.CCN1CCN(C2CCC(N(C)C(=O)COCCN(C)S(=O)(=O)c3c(C)cc(OC)cc3C)CC2)CC1. The summed E-state index contributed by atoms with van der Waals surface area (Å²) in [4.78, 5) is 40.0. The van der Waals surface area contributed by atoms with Crippen molar-refractivity contribution in [2.24, 2.45) is 0 Å². The molecule has 420 valence electrons. The van der Waals surface area contributed by atoms with Crippen LogP contribution in [0.15, 0.2) is 34.1 Å². The van der Waals surface area contributed by atoms with Gasteiger partial charge in [-0.15, -0.1) is 0 Å². The number of carbonyl (C=O) groups excluding carboxylic acids is 2. The van der Waals surface area contributed by atoms with Crippen molar-refractivity contribution in [3.63, 3.8) is 0 Å². The van der Waals surface area contributed by atoms with Crippen molar-refractivity contribution >= 4 is 31.9 Å². The highest BCUT2D eigenvalue weighted by Gasteiger charge is 2.33. The molecule has 0 unspecified atom stereocenters. The summed E-state index contributed by atoms with van der Waals surface area (Å²) >= 11 is 0. The number of aryl methyl sites for hydroxylation is 4. The summed E-state index contributed by atoms with van der Waals surface area (Å²) < 4.78 is 76.8. The Morgan fingerprint density at radius 3 is 1.08 bits per heavy atom. The van der Waals surface area contributed by atoms with Crippen molar-refractivity contribution < 1.29 is 45.4 Å². The molecule has 0 atom stereocenters. The highest BCUT2D eigenvalue weighted by Crippen LogP contribution is 2.31. The van der Waals surface area contributed by atoms with E-state index in [1.165, 1.54) is 22.7 Å². The van der Waals surface area contributed by atoms with Gasteiger partial charge in [0.2, 0.25) is 31.9 Å². The summed E-state index contributed by atoms with van der Waals surface area (Å²) in [6.07, 6.45) is 8.57. The van der Waals surface area contributed by atoms with Crippen molar-refractivity contribution in [2.75, 3.05) is 147 Å². The molecule has 2 amide bonds. The second-order valence-electron chi connectivity index (χ2n) is 20.8. The van der Waals surface area contributed by atoms with Crippen LogP contribution in [-0.4, -0.2) is 238 Å². The molecule has 18 nitrogen and oxygen atoms in total. The second-order valence-corrected chi connectivity index (χ2v) is 24.8. The number of sulfonamides is 2. The van der Waals surface area contributed by atoms with E-state index in [0.717, 1.165) is 117 Å². The van der Waals surface area contributed by atoms with Gasteiger partial charge in [0.1, 0.15) is 24.7 Å². The lowest BCUT2D eigenvalue weighted by Crippen LogP contribution is -2.52. The van der Waals surface area contributed by atoms with Crippen LogP contribution in [0.25, 0.3) is 0 Å². The second kappa shape index (κ2) is 28.8. The Balaban J connectivity index is 0.000000274. The van der Waals surface area contributed by atoms with Gasteiger partial charge in [0.25, 0.3) is 0 Å². The van der Waals surface area contributed by atoms with E-state index in [2.05, 4.69) is 33.4 Å². The molecule has 0 bridgehead atoms. The van der Waals surface area contributed by atoms with Gasteiger partial charge in [0.05, 0.1) is 37.2 Å². The summed E-state index contributed by atoms with van der Waals surface area (Å²) in [5.41, 5.74) is 2.55. The van der Waals surface area contributed by atoms with Crippen molar-refractivity contribution in [3.05, 3.63) is 46.5 Å². The minimum absolute atomic E-state index is 0.0378. The fourth-order valence-corrected chi connectivity index (χ4v) is 14.4. The van der Waals surface area contributed by atoms with Gasteiger partial charge < -0.3 is 38.5 Å². The molecule has 6 rings (SSSR count). The number of benzene rings is 2. The summed E-state index contributed by atoms with van der Waals surface area (Å²) in [7, 11) is 2.56. The fraction of sp³-hybridized carbons (Fsp3) is 0.741. The molecule has 2 aliphatic heterocycles. The highest BCUT2D eigenvalue weighted by atomic mass is 32.2. The molecule has 4 fully saturated rings. The fourth-order valence-electron chi connectivity index (χ4n) is 11.2. The van der Waals surface area contributed by atoms with Crippen LogP contribution in [0.5, 0.6) is 11.5 Å². The normalized spacial score (nSPS) is 21.8. The molecule has 2 aromatic rings. The summed E-state index contributed by atoms with van der Waals surface area (Å²) in [6, 6.07) is 8.63. The first-order chi connectivity index (χ1) is 35.2. The van der Waals surface area contributed by atoms with E-state index in [-0.39, 0.29) is 73.2 Å². The molecule has 74 heavy (non-hydrogen) atoms. The predicted octanol–water partition coefficient (Wildman–Crippen LogP) is 4.71. The summed E-state index contributed by atoms with van der Waals surface area (Å²) in [5.74, 6) is 1.16. The minimum Gasteiger partial charge on any atom is -0.497 e. The monoisotopic (exact) mass is 1080 g/mol. The van der Waals surface area contributed by atoms with Crippen LogP contribution < -0.4 is 9.47 Å². The molecule has 0 aromatic heterocycles. The number of likely N-dealkylation sites (N-methyl/N-ethyl adjacent to an activating group) is 6. The maximum Gasteiger partial charge on any atom is 0.248 e. The number of amides is 2. The van der Waals surface area contributed by atoms with Crippen LogP contribution in [0, 0.1) is 27.7 Å². The number of rotatable bonds is 22. The van der Waals surface area contributed by atoms with Crippen LogP contribution in [0.1, 0.15) is 87.5 Å². The quantitative estimate of drug-likeness (QED) is 0.149. The summed E-state index contributed by atoms with van der Waals surface area (Å²) in [5, 5.41) is 0. The van der Waals surface area contributed by atoms with Gasteiger partial charge >= 0.3 is 0 Å². The van der Waals surface area contributed by atoms with Crippen LogP contribution in [0.4, 0.5) is 0 Å². The van der Waals surface area contributed by atoms with E-state index in [0.29, 0.717) is 45.8 Å². The molecular weight excluding hydrogens is 985 g/mol. The van der Waals surface area contributed by atoms with Gasteiger partial charge in [-0.2, -0.15) is 8.61 Å². The molecule has 20 heteroatoms. The van der Waals surface area contributed by atoms with E-state index in [9.17, 15) is 26.4 Å². The number of piperazine rings is 2.